The second kappa shape index (κ2) is 2.47. The summed E-state index contributed by atoms with van der Waals surface area (Å²) in [5.41, 5.74) is 2.78. The Hall–Kier alpha value is -0.160. The summed E-state index contributed by atoms with van der Waals surface area (Å²) in [6.07, 6.45) is 1.87. The van der Waals surface area contributed by atoms with E-state index in [-0.39, 0.29) is 0 Å². The van der Waals surface area contributed by atoms with Gasteiger partial charge in [0.25, 0.3) is 0 Å². The van der Waals surface area contributed by atoms with Crippen molar-refractivity contribution < 1.29 is 0 Å². The van der Waals surface area contributed by atoms with Crippen molar-refractivity contribution in [1.29, 1.82) is 0 Å². The second-order valence-corrected chi connectivity index (χ2v) is 3.36. The third-order valence-corrected chi connectivity index (χ3v) is 2.65. The maximum absolute atomic E-state index is 4.20. The lowest BCUT2D eigenvalue weighted by molar-refractivity contribution is 0.763. The third kappa shape index (κ3) is 0.932. The Morgan fingerprint density at radius 1 is 1.50 bits per heavy atom. The molecule has 2 nitrogen and oxygen atoms in total. The molecule has 0 saturated carbocycles. The number of halogens is 1. The van der Waals surface area contributed by atoms with E-state index in [1.807, 2.05) is 6.20 Å². The molecular formula is C7H7IN2. The summed E-state index contributed by atoms with van der Waals surface area (Å²) < 4.78 is 1.14. The highest BCUT2D eigenvalue weighted by atomic mass is 127. The summed E-state index contributed by atoms with van der Waals surface area (Å²) >= 11 is 2.27. The highest BCUT2D eigenvalue weighted by molar-refractivity contribution is 14.1. The van der Waals surface area contributed by atoms with Gasteiger partial charge in [-0.1, -0.05) is 0 Å². The Labute approximate surface area is 73.2 Å². The molecule has 3 heteroatoms. The summed E-state index contributed by atoms with van der Waals surface area (Å²) in [5.74, 6) is 0. The quantitative estimate of drug-likeness (QED) is 0.551. The van der Waals surface area contributed by atoms with E-state index >= 15 is 0 Å². The van der Waals surface area contributed by atoms with Gasteiger partial charge in [0.2, 0.25) is 0 Å². The molecule has 1 aromatic rings. The van der Waals surface area contributed by atoms with Gasteiger partial charge in [0.1, 0.15) is 3.70 Å². The van der Waals surface area contributed by atoms with Gasteiger partial charge in [-0.05, 0) is 34.2 Å². The van der Waals surface area contributed by atoms with Gasteiger partial charge >= 0.3 is 0 Å². The van der Waals surface area contributed by atoms with Gasteiger partial charge in [-0.2, -0.15) is 0 Å². The molecule has 1 aliphatic rings. The Morgan fingerprint density at radius 2 is 2.40 bits per heavy atom. The summed E-state index contributed by atoms with van der Waals surface area (Å²) in [4.78, 5) is 4.20. The highest BCUT2D eigenvalue weighted by Crippen LogP contribution is 2.18. The molecule has 0 radical (unpaired) electrons. The molecule has 10 heavy (non-hydrogen) atoms. The van der Waals surface area contributed by atoms with E-state index in [9.17, 15) is 0 Å². The zero-order chi connectivity index (χ0) is 6.97. The second-order valence-electron chi connectivity index (χ2n) is 2.34. The fourth-order valence-corrected chi connectivity index (χ4v) is 1.88. The van der Waals surface area contributed by atoms with Crippen molar-refractivity contribution in [3.63, 3.8) is 0 Å². The lowest BCUT2D eigenvalue weighted by atomic mass is 10.2. The smallest absolute Gasteiger partial charge is 0.106 e. The van der Waals surface area contributed by atoms with E-state index in [1.165, 1.54) is 11.1 Å². The molecule has 1 N–H and O–H groups in total. The number of rotatable bonds is 0. The Morgan fingerprint density at radius 3 is 3.20 bits per heavy atom. The molecule has 2 rings (SSSR count). The fourth-order valence-electron chi connectivity index (χ4n) is 1.18. The minimum absolute atomic E-state index is 0.988. The van der Waals surface area contributed by atoms with E-state index in [4.69, 9.17) is 0 Å². The molecule has 0 amide bonds. The van der Waals surface area contributed by atoms with Crippen molar-refractivity contribution in [3.05, 3.63) is 27.1 Å². The summed E-state index contributed by atoms with van der Waals surface area (Å²) in [6.45, 7) is 2.00. The molecule has 0 bridgehead atoms. The van der Waals surface area contributed by atoms with E-state index in [0.717, 1.165) is 16.8 Å². The van der Waals surface area contributed by atoms with Crippen LogP contribution in [0.1, 0.15) is 11.1 Å². The zero-order valence-electron chi connectivity index (χ0n) is 5.39. The van der Waals surface area contributed by atoms with Crippen molar-refractivity contribution in [3.8, 4) is 0 Å². The van der Waals surface area contributed by atoms with Crippen molar-refractivity contribution >= 4 is 22.6 Å². The summed E-state index contributed by atoms with van der Waals surface area (Å²) in [6, 6.07) is 2.08. The van der Waals surface area contributed by atoms with Gasteiger partial charge in [0.15, 0.2) is 0 Å². The van der Waals surface area contributed by atoms with Crippen molar-refractivity contribution in [2.75, 3.05) is 0 Å². The molecule has 52 valence electrons. The first-order valence-corrected chi connectivity index (χ1v) is 4.29. The zero-order valence-corrected chi connectivity index (χ0v) is 7.55. The maximum atomic E-state index is 4.20. The SMILES string of the molecule is Ic1nccc2c1CNC2. The summed E-state index contributed by atoms with van der Waals surface area (Å²) in [5, 5.41) is 3.28. The van der Waals surface area contributed by atoms with Crippen molar-refractivity contribution in [1.82, 2.24) is 10.3 Å². The molecular weight excluding hydrogens is 239 g/mol. The number of nitrogens with zero attached hydrogens (tertiary/aromatic N) is 1. The standard InChI is InChI=1S/C7H7IN2/c8-7-6-4-9-3-5(6)1-2-10-7/h1-2,9H,3-4H2. The lowest BCUT2D eigenvalue weighted by Gasteiger charge is -1.96. The molecule has 0 atom stereocenters. The van der Waals surface area contributed by atoms with E-state index in [1.54, 1.807) is 0 Å². The van der Waals surface area contributed by atoms with Crippen LogP contribution in [0.25, 0.3) is 0 Å². The first kappa shape index (κ1) is 6.54. The number of fused-ring (bicyclic) bond motifs is 1. The van der Waals surface area contributed by atoms with E-state index in [2.05, 4.69) is 39.0 Å². The van der Waals surface area contributed by atoms with Gasteiger partial charge in [-0.3, -0.25) is 0 Å². The molecule has 1 aliphatic heterocycles. The van der Waals surface area contributed by atoms with Crippen LogP contribution in [0.3, 0.4) is 0 Å². The van der Waals surface area contributed by atoms with Crippen LogP contribution in [-0.4, -0.2) is 4.98 Å². The number of pyridine rings is 1. The van der Waals surface area contributed by atoms with Crippen molar-refractivity contribution in [2.24, 2.45) is 0 Å². The van der Waals surface area contributed by atoms with E-state index in [0.29, 0.717) is 0 Å². The molecule has 0 aliphatic carbocycles. The minimum atomic E-state index is 0.988. The first-order valence-electron chi connectivity index (χ1n) is 3.21. The number of aromatic nitrogens is 1. The molecule has 2 heterocycles. The van der Waals surface area contributed by atoms with Gasteiger partial charge in [-0.25, -0.2) is 4.98 Å². The van der Waals surface area contributed by atoms with Gasteiger partial charge < -0.3 is 5.32 Å². The van der Waals surface area contributed by atoms with Crippen LogP contribution in [0.2, 0.25) is 0 Å². The molecule has 0 spiro atoms. The van der Waals surface area contributed by atoms with Crippen molar-refractivity contribution in [2.45, 2.75) is 13.1 Å². The summed E-state index contributed by atoms with van der Waals surface area (Å²) in [7, 11) is 0. The fraction of sp³-hybridized carbons (Fsp3) is 0.286. The lowest BCUT2D eigenvalue weighted by Crippen LogP contribution is -2.00. The maximum Gasteiger partial charge on any atom is 0.106 e. The van der Waals surface area contributed by atoms with Crippen LogP contribution < -0.4 is 5.32 Å². The van der Waals surface area contributed by atoms with Crippen LogP contribution in [0.4, 0.5) is 0 Å². The number of nitrogens with one attached hydrogen (secondary N) is 1. The van der Waals surface area contributed by atoms with E-state index < -0.39 is 0 Å². The largest absolute Gasteiger partial charge is 0.308 e. The number of hydrogen-bond acceptors (Lipinski definition) is 2. The predicted molar refractivity (Wildman–Crippen MR) is 47.5 cm³/mol. The topological polar surface area (TPSA) is 24.9 Å². The highest BCUT2D eigenvalue weighted by Gasteiger charge is 2.12. The predicted octanol–water partition coefficient (Wildman–Crippen LogP) is 1.29. The monoisotopic (exact) mass is 246 g/mol. The minimum Gasteiger partial charge on any atom is -0.308 e. The van der Waals surface area contributed by atoms with Crippen LogP contribution >= 0.6 is 22.6 Å². The first-order chi connectivity index (χ1) is 4.88. The van der Waals surface area contributed by atoms with Crippen LogP contribution in [0, 0.1) is 3.70 Å². The van der Waals surface area contributed by atoms with Gasteiger partial charge in [-0.15, -0.1) is 0 Å². The Bertz CT molecular complexity index is 260. The van der Waals surface area contributed by atoms with Crippen LogP contribution in [-0.2, 0) is 13.1 Å². The molecule has 0 aromatic carbocycles. The Kier molecular flexibility index (Phi) is 1.61. The van der Waals surface area contributed by atoms with Crippen LogP contribution in [0.15, 0.2) is 12.3 Å². The normalized spacial score (nSPS) is 15.3. The molecule has 0 unspecified atom stereocenters. The van der Waals surface area contributed by atoms with Gasteiger partial charge in [0.05, 0.1) is 0 Å². The average molecular weight is 246 g/mol. The molecule has 1 aromatic heterocycles. The van der Waals surface area contributed by atoms with Gasteiger partial charge in [0, 0.05) is 24.8 Å². The molecule has 0 fully saturated rings. The van der Waals surface area contributed by atoms with Crippen LogP contribution in [0.5, 0.6) is 0 Å². The average Bonchev–Trinajstić information content (AvgIpc) is 2.36. The number of hydrogen-bond donors (Lipinski definition) is 1. The molecule has 0 saturated heterocycles. The third-order valence-electron chi connectivity index (χ3n) is 1.72. The Balaban J connectivity index is 2.59.